The molecule has 0 fully saturated rings. The molecule has 0 radical (unpaired) electrons. The van der Waals surface area contributed by atoms with Crippen molar-refractivity contribution >= 4 is 16.9 Å². The molecule has 3 aromatic rings. The number of benzene rings is 1. The molecule has 19 heavy (non-hydrogen) atoms. The summed E-state index contributed by atoms with van der Waals surface area (Å²) in [7, 11) is 0. The number of carboxylic acids is 1. The van der Waals surface area contributed by atoms with Crippen LogP contribution in [0.4, 0.5) is 0 Å². The molecule has 0 aliphatic rings. The number of aryl methyl sites for hydroxylation is 1. The van der Waals surface area contributed by atoms with E-state index in [1.807, 2.05) is 31.2 Å². The van der Waals surface area contributed by atoms with Crippen LogP contribution in [0, 0.1) is 6.92 Å². The van der Waals surface area contributed by atoms with E-state index in [0.29, 0.717) is 11.5 Å². The van der Waals surface area contributed by atoms with Gasteiger partial charge in [0.25, 0.3) is 0 Å². The fourth-order valence-electron chi connectivity index (χ4n) is 1.99. The molecule has 0 atom stereocenters. The summed E-state index contributed by atoms with van der Waals surface area (Å²) in [6.07, 6.45) is 1.47. The Kier molecular flexibility index (Phi) is 2.56. The predicted molar refractivity (Wildman–Crippen MR) is 71.1 cm³/mol. The van der Waals surface area contributed by atoms with E-state index in [2.05, 4.69) is 4.98 Å². The Balaban J connectivity index is 2.13. The van der Waals surface area contributed by atoms with Crippen molar-refractivity contribution in [3.8, 4) is 11.5 Å². The number of nitrogens with zero attached hydrogens (tertiary/aromatic N) is 1. The van der Waals surface area contributed by atoms with Crippen LogP contribution in [-0.2, 0) is 0 Å². The first kappa shape index (κ1) is 11.5. The van der Waals surface area contributed by atoms with Crippen molar-refractivity contribution in [2.75, 3.05) is 0 Å². The minimum atomic E-state index is -0.976. The van der Waals surface area contributed by atoms with E-state index in [9.17, 15) is 4.79 Å². The molecule has 1 aromatic carbocycles. The van der Waals surface area contributed by atoms with Crippen LogP contribution in [0.25, 0.3) is 22.4 Å². The van der Waals surface area contributed by atoms with Crippen LogP contribution in [0.5, 0.6) is 0 Å². The van der Waals surface area contributed by atoms with Gasteiger partial charge in [0.1, 0.15) is 11.3 Å². The zero-order chi connectivity index (χ0) is 13.4. The highest BCUT2D eigenvalue weighted by Crippen LogP contribution is 2.27. The van der Waals surface area contributed by atoms with Gasteiger partial charge in [-0.05, 0) is 37.3 Å². The van der Waals surface area contributed by atoms with Gasteiger partial charge in [0.15, 0.2) is 5.76 Å². The molecule has 94 valence electrons. The molecular weight excluding hydrogens is 242 g/mol. The number of fused-ring (bicyclic) bond motifs is 1. The van der Waals surface area contributed by atoms with Crippen molar-refractivity contribution in [2.45, 2.75) is 6.92 Å². The maximum Gasteiger partial charge on any atom is 0.335 e. The smallest absolute Gasteiger partial charge is 0.335 e. The lowest BCUT2D eigenvalue weighted by atomic mass is 10.1. The molecule has 0 spiro atoms. The third-order valence-corrected chi connectivity index (χ3v) is 2.93. The average Bonchev–Trinajstić information content (AvgIpc) is 2.81. The maximum absolute atomic E-state index is 10.9. The highest BCUT2D eigenvalue weighted by atomic mass is 16.4. The first-order valence-corrected chi connectivity index (χ1v) is 5.83. The molecule has 4 nitrogen and oxygen atoms in total. The number of carboxylic acid groups (broad SMARTS) is 1. The zero-order valence-electron chi connectivity index (χ0n) is 10.3. The molecular formula is C15H11NO3. The SMILES string of the molecule is Cc1ccc2oc(-c3cc(C(=O)O)ccn3)cc2c1. The quantitative estimate of drug-likeness (QED) is 0.759. The summed E-state index contributed by atoms with van der Waals surface area (Å²) in [5, 5.41) is 9.96. The summed E-state index contributed by atoms with van der Waals surface area (Å²) in [5.41, 5.74) is 2.63. The molecule has 0 aliphatic heterocycles. The number of hydrogen-bond donors (Lipinski definition) is 1. The Bertz CT molecular complexity index is 774. The normalized spacial score (nSPS) is 10.8. The lowest BCUT2D eigenvalue weighted by Crippen LogP contribution is -1.96. The zero-order valence-corrected chi connectivity index (χ0v) is 10.3. The van der Waals surface area contributed by atoms with E-state index in [1.54, 1.807) is 0 Å². The molecule has 0 saturated heterocycles. The summed E-state index contributed by atoms with van der Waals surface area (Å²) >= 11 is 0. The van der Waals surface area contributed by atoms with Crippen LogP contribution in [0.15, 0.2) is 47.0 Å². The van der Waals surface area contributed by atoms with Gasteiger partial charge in [-0.15, -0.1) is 0 Å². The summed E-state index contributed by atoms with van der Waals surface area (Å²) in [4.78, 5) is 15.1. The number of carbonyl (C=O) groups is 1. The van der Waals surface area contributed by atoms with Gasteiger partial charge in [0.05, 0.1) is 5.56 Å². The molecule has 1 N–H and O–H groups in total. The second-order valence-electron chi connectivity index (χ2n) is 4.39. The van der Waals surface area contributed by atoms with Crippen LogP contribution < -0.4 is 0 Å². The topological polar surface area (TPSA) is 63.3 Å². The van der Waals surface area contributed by atoms with Crippen molar-refractivity contribution < 1.29 is 14.3 Å². The first-order valence-electron chi connectivity index (χ1n) is 5.83. The van der Waals surface area contributed by atoms with E-state index >= 15 is 0 Å². The van der Waals surface area contributed by atoms with Gasteiger partial charge in [-0.25, -0.2) is 4.79 Å². The Morgan fingerprint density at radius 3 is 2.84 bits per heavy atom. The highest BCUT2D eigenvalue weighted by Gasteiger charge is 2.10. The Labute approximate surface area is 109 Å². The number of furan rings is 1. The Morgan fingerprint density at radius 2 is 2.05 bits per heavy atom. The number of rotatable bonds is 2. The second-order valence-corrected chi connectivity index (χ2v) is 4.39. The maximum atomic E-state index is 10.9. The molecule has 3 rings (SSSR count). The van der Waals surface area contributed by atoms with E-state index in [-0.39, 0.29) is 5.56 Å². The molecule has 0 unspecified atom stereocenters. The van der Waals surface area contributed by atoms with Crippen molar-refractivity contribution in [1.29, 1.82) is 0 Å². The minimum absolute atomic E-state index is 0.196. The van der Waals surface area contributed by atoms with Gasteiger partial charge in [-0.1, -0.05) is 11.6 Å². The average molecular weight is 253 g/mol. The first-order chi connectivity index (χ1) is 9.13. The predicted octanol–water partition coefficient (Wildman–Crippen LogP) is 3.50. The fourth-order valence-corrected chi connectivity index (χ4v) is 1.99. The van der Waals surface area contributed by atoms with Gasteiger partial charge < -0.3 is 9.52 Å². The molecule has 0 saturated carbocycles. The second kappa shape index (κ2) is 4.24. The standard InChI is InChI=1S/C15H11NO3/c1-9-2-3-13-11(6-9)8-14(19-13)12-7-10(15(17)18)4-5-16-12/h2-8H,1H3,(H,17,18). The van der Waals surface area contributed by atoms with Crippen molar-refractivity contribution in [1.82, 2.24) is 4.98 Å². The van der Waals surface area contributed by atoms with Crippen LogP contribution in [0.2, 0.25) is 0 Å². The largest absolute Gasteiger partial charge is 0.478 e. The Hall–Kier alpha value is -2.62. The minimum Gasteiger partial charge on any atom is -0.478 e. The van der Waals surface area contributed by atoms with E-state index in [1.165, 1.54) is 18.3 Å². The van der Waals surface area contributed by atoms with Crippen molar-refractivity contribution in [3.63, 3.8) is 0 Å². The summed E-state index contributed by atoms with van der Waals surface area (Å²) in [6.45, 7) is 2.01. The van der Waals surface area contributed by atoms with Crippen molar-refractivity contribution in [3.05, 3.63) is 53.7 Å². The molecule has 0 aliphatic carbocycles. The molecule has 0 bridgehead atoms. The van der Waals surface area contributed by atoms with Gasteiger partial charge in [0.2, 0.25) is 0 Å². The lowest BCUT2D eigenvalue weighted by molar-refractivity contribution is 0.0697. The molecule has 0 amide bonds. The fraction of sp³-hybridized carbons (Fsp3) is 0.0667. The van der Waals surface area contributed by atoms with Crippen LogP contribution >= 0.6 is 0 Å². The number of pyridine rings is 1. The molecule has 2 heterocycles. The van der Waals surface area contributed by atoms with Gasteiger partial charge >= 0.3 is 5.97 Å². The van der Waals surface area contributed by atoms with E-state index in [0.717, 1.165) is 16.5 Å². The number of hydrogen-bond acceptors (Lipinski definition) is 3. The Morgan fingerprint density at radius 1 is 1.21 bits per heavy atom. The van der Waals surface area contributed by atoms with Crippen LogP contribution in [0.1, 0.15) is 15.9 Å². The molecule has 2 aromatic heterocycles. The van der Waals surface area contributed by atoms with Crippen LogP contribution in [-0.4, -0.2) is 16.1 Å². The summed E-state index contributed by atoms with van der Waals surface area (Å²) in [6, 6.07) is 10.7. The van der Waals surface area contributed by atoms with E-state index < -0.39 is 5.97 Å². The van der Waals surface area contributed by atoms with Crippen LogP contribution in [0.3, 0.4) is 0 Å². The lowest BCUT2D eigenvalue weighted by Gasteiger charge is -1.97. The summed E-state index contributed by atoms with van der Waals surface area (Å²) < 4.78 is 5.69. The number of aromatic nitrogens is 1. The van der Waals surface area contributed by atoms with Crippen molar-refractivity contribution in [2.24, 2.45) is 0 Å². The highest BCUT2D eigenvalue weighted by molar-refractivity contribution is 5.89. The van der Waals surface area contributed by atoms with E-state index in [4.69, 9.17) is 9.52 Å². The third kappa shape index (κ3) is 2.08. The third-order valence-electron chi connectivity index (χ3n) is 2.93. The monoisotopic (exact) mass is 253 g/mol. The summed E-state index contributed by atoms with van der Waals surface area (Å²) in [5.74, 6) is -0.403. The van der Waals surface area contributed by atoms with Gasteiger partial charge in [-0.3, -0.25) is 4.98 Å². The van der Waals surface area contributed by atoms with Gasteiger partial charge in [0, 0.05) is 11.6 Å². The van der Waals surface area contributed by atoms with Gasteiger partial charge in [-0.2, -0.15) is 0 Å². The molecule has 4 heteroatoms. The number of aromatic carboxylic acids is 1.